The summed E-state index contributed by atoms with van der Waals surface area (Å²) in [6, 6.07) is 11.3. The zero-order valence-corrected chi connectivity index (χ0v) is 26.0. The summed E-state index contributed by atoms with van der Waals surface area (Å²) in [6.45, 7) is 5.59. The zero-order chi connectivity index (χ0) is 30.2. The first-order valence-corrected chi connectivity index (χ1v) is 17.3. The molecule has 2 aromatic rings. The van der Waals surface area contributed by atoms with Gasteiger partial charge in [-0.05, 0) is 88.9 Å². The number of ether oxygens (including phenoxy) is 3. The Balaban J connectivity index is 1.09. The molecule has 0 radical (unpaired) electrons. The number of piperidine rings is 1. The first-order chi connectivity index (χ1) is 19.8. The number of nitrogens with one attached hydrogen (secondary N) is 2. The normalized spacial score (nSPS) is 22.8. The van der Waals surface area contributed by atoms with Crippen LogP contribution in [0, 0.1) is 0 Å². The molecule has 2 saturated heterocycles. The van der Waals surface area contributed by atoms with Crippen molar-refractivity contribution >= 4 is 20.0 Å². The number of nitrogens with zero attached hydrogens (tertiary/aromatic N) is 1. The first-order valence-electron chi connectivity index (χ1n) is 14.3. The van der Waals surface area contributed by atoms with E-state index in [1.165, 1.54) is 19.2 Å². The highest BCUT2D eigenvalue weighted by molar-refractivity contribution is 7.89. The zero-order valence-electron chi connectivity index (χ0n) is 24.3. The Morgan fingerprint density at radius 3 is 2.57 bits per heavy atom. The number of aryl methyl sites for hydroxylation is 1. The fourth-order valence-corrected chi connectivity index (χ4v) is 8.06. The van der Waals surface area contributed by atoms with Crippen LogP contribution in [0.1, 0.15) is 45.1 Å². The lowest BCUT2D eigenvalue weighted by Crippen LogP contribution is -2.47. The lowest BCUT2D eigenvalue weighted by Gasteiger charge is -2.38. The van der Waals surface area contributed by atoms with Crippen molar-refractivity contribution < 1.29 is 36.2 Å². The second-order valence-electron chi connectivity index (χ2n) is 12.0. The molecule has 3 aliphatic heterocycles. The Bertz CT molecular complexity index is 1490. The number of hydrogen-bond acceptors (Lipinski definition) is 9. The maximum atomic E-state index is 13.5. The third kappa shape index (κ3) is 6.93. The molecule has 2 aromatic carbocycles. The second-order valence-corrected chi connectivity index (χ2v) is 15.8. The lowest BCUT2D eigenvalue weighted by atomic mass is 9.88. The molecule has 11 nitrogen and oxygen atoms in total. The SMILES string of the molecule is CNS(=O)(=O)c1cccc(OCC(O)CNC2COC3(CCN(S(=O)(=O)c4ccc5c(c4)CCC(C)(C)O5)CC3)C2)c1. The van der Waals surface area contributed by atoms with E-state index >= 15 is 0 Å². The molecule has 0 saturated carbocycles. The van der Waals surface area contributed by atoms with E-state index in [4.69, 9.17) is 14.2 Å². The lowest BCUT2D eigenvalue weighted by molar-refractivity contribution is -0.0312. The molecule has 2 unspecified atom stereocenters. The van der Waals surface area contributed by atoms with Gasteiger partial charge in [0.25, 0.3) is 0 Å². The number of aliphatic hydroxyl groups excluding tert-OH is 1. The summed E-state index contributed by atoms with van der Waals surface area (Å²) < 4.78 is 72.5. The molecule has 3 aliphatic rings. The van der Waals surface area contributed by atoms with Crippen LogP contribution in [-0.2, 0) is 31.2 Å². The quantitative estimate of drug-likeness (QED) is 0.362. The smallest absolute Gasteiger partial charge is 0.243 e. The van der Waals surface area contributed by atoms with E-state index in [1.54, 1.807) is 34.6 Å². The van der Waals surface area contributed by atoms with E-state index in [0.29, 0.717) is 43.2 Å². The van der Waals surface area contributed by atoms with Crippen LogP contribution in [0.4, 0.5) is 0 Å². The topological polar surface area (TPSA) is 144 Å². The minimum Gasteiger partial charge on any atom is -0.491 e. The number of hydrogen-bond donors (Lipinski definition) is 3. The van der Waals surface area contributed by atoms with Crippen LogP contribution in [0.2, 0.25) is 0 Å². The third-order valence-corrected chi connectivity index (χ3v) is 11.7. The minimum atomic E-state index is -3.62. The predicted octanol–water partition coefficient (Wildman–Crippen LogP) is 2.04. The average molecular weight is 624 g/mol. The van der Waals surface area contributed by atoms with Crippen molar-refractivity contribution in [3.8, 4) is 11.5 Å². The molecule has 0 amide bonds. The summed E-state index contributed by atoms with van der Waals surface area (Å²) in [5.41, 5.74) is 0.292. The second kappa shape index (κ2) is 12.0. The van der Waals surface area contributed by atoms with Crippen LogP contribution >= 0.6 is 0 Å². The summed E-state index contributed by atoms with van der Waals surface area (Å²) in [7, 11) is -5.87. The van der Waals surface area contributed by atoms with Gasteiger partial charge < -0.3 is 24.6 Å². The summed E-state index contributed by atoms with van der Waals surface area (Å²) in [5, 5.41) is 13.8. The van der Waals surface area contributed by atoms with Crippen molar-refractivity contribution in [2.24, 2.45) is 0 Å². The molecule has 1 spiro atoms. The molecule has 13 heteroatoms. The summed E-state index contributed by atoms with van der Waals surface area (Å²) in [6.07, 6.45) is 2.74. The molecule has 3 N–H and O–H groups in total. The molecule has 2 fully saturated rings. The minimum absolute atomic E-state index is 0.00578. The molecule has 5 rings (SSSR count). The van der Waals surface area contributed by atoms with E-state index in [-0.39, 0.29) is 35.3 Å². The highest BCUT2D eigenvalue weighted by atomic mass is 32.2. The Hall–Kier alpha value is -2.26. The Labute approximate surface area is 248 Å². The van der Waals surface area contributed by atoms with Crippen LogP contribution in [0.25, 0.3) is 0 Å². The van der Waals surface area contributed by atoms with Crippen LogP contribution in [0.5, 0.6) is 11.5 Å². The molecule has 0 aromatic heterocycles. The molecule has 3 heterocycles. The summed E-state index contributed by atoms with van der Waals surface area (Å²) >= 11 is 0. The Morgan fingerprint density at radius 1 is 1.07 bits per heavy atom. The third-order valence-electron chi connectivity index (χ3n) is 8.36. The van der Waals surface area contributed by atoms with Gasteiger partial charge in [0, 0.05) is 31.7 Å². The molecule has 0 bridgehead atoms. The van der Waals surface area contributed by atoms with Crippen molar-refractivity contribution in [3.05, 3.63) is 48.0 Å². The summed E-state index contributed by atoms with van der Waals surface area (Å²) in [4.78, 5) is 0.391. The van der Waals surface area contributed by atoms with Gasteiger partial charge in [-0.1, -0.05) is 6.07 Å². The van der Waals surface area contributed by atoms with Gasteiger partial charge in [-0.2, -0.15) is 4.31 Å². The number of rotatable bonds is 10. The summed E-state index contributed by atoms with van der Waals surface area (Å²) in [5.74, 6) is 1.11. The largest absolute Gasteiger partial charge is 0.491 e. The van der Waals surface area contributed by atoms with E-state index in [9.17, 15) is 21.9 Å². The van der Waals surface area contributed by atoms with E-state index in [1.807, 2.05) is 13.8 Å². The molecule has 232 valence electrons. The van der Waals surface area contributed by atoms with Gasteiger partial charge in [-0.15, -0.1) is 0 Å². The highest BCUT2D eigenvalue weighted by Gasteiger charge is 2.45. The number of benzene rings is 2. The van der Waals surface area contributed by atoms with Crippen molar-refractivity contribution in [2.45, 2.75) is 79.1 Å². The highest BCUT2D eigenvalue weighted by Crippen LogP contribution is 2.39. The maximum absolute atomic E-state index is 13.5. The maximum Gasteiger partial charge on any atom is 0.243 e. The fourth-order valence-electron chi connectivity index (χ4n) is 5.81. The van der Waals surface area contributed by atoms with Crippen molar-refractivity contribution in [1.82, 2.24) is 14.3 Å². The van der Waals surface area contributed by atoms with Crippen molar-refractivity contribution in [3.63, 3.8) is 0 Å². The number of aliphatic hydroxyl groups is 1. The van der Waals surface area contributed by atoms with Gasteiger partial charge >= 0.3 is 0 Å². The fraction of sp³-hybridized carbons (Fsp3) is 0.586. The van der Waals surface area contributed by atoms with E-state index in [0.717, 1.165) is 30.6 Å². The van der Waals surface area contributed by atoms with Gasteiger partial charge in [-0.25, -0.2) is 21.6 Å². The van der Waals surface area contributed by atoms with Crippen LogP contribution in [-0.4, -0.2) is 89.5 Å². The monoisotopic (exact) mass is 623 g/mol. The van der Waals surface area contributed by atoms with Crippen LogP contribution < -0.4 is 19.5 Å². The van der Waals surface area contributed by atoms with E-state index < -0.39 is 26.2 Å². The van der Waals surface area contributed by atoms with Gasteiger partial charge in [0.05, 0.1) is 22.0 Å². The van der Waals surface area contributed by atoms with Gasteiger partial charge in [-0.3, -0.25) is 0 Å². The van der Waals surface area contributed by atoms with Crippen LogP contribution in [0.3, 0.4) is 0 Å². The molecule has 0 aliphatic carbocycles. The molecule has 2 atom stereocenters. The number of sulfonamides is 2. The molecule has 42 heavy (non-hydrogen) atoms. The standard InChI is InChI=1S/C29H41N3O8S2/c1-28(2)10-9-21-15-26(7-8-27(21)40-28)42(36,37)32-13-11-29(12-14-32)17-22(19-39-29)31-18-23(33)20-38-24-5-4-6-25(16-24)41(34,35)30-3/h4-8,15-16,22-23,30-31,33H,9-14,17-20H2,1-3H3. The van der Waals surface area contributed by atoms with Crippen molar-refractivity contribution in [2.75, 3.05) is 39.9 Å². The molecular weight excluding hydrogens is 582 g/mol. The van der Waals surface area contributed by atoms with Gasteiger partial charge in [0.1, 0.15) is 29.8 Å². The average Bonchev–Trinajstić information content (AvgIpc) is 3.36. The number of fused-ring (bicyclic) bond motifs is 1. The van der Waals surface area contributed by atoms with Crippen LogP contribution in [0.15, 0.2) is 52.3 Å². The predicted molar refractivity (Wildman–Crippen MR) is 157 cm³/mol. The van der Waals surface area contributed by atoms with E-state index in [2.05, 4.69) is 10.0 Å². The van der Waals surface area contributed by atoms with Crippen molar-refractivity contribution in [1.29, 1.82) is 0 Å². The van der Waals surface area contributed by atoms with Gasteiger partial charge in [0.2, 0.25) is 20.0 Å². The Morgan fingerprint density at radius 2 is 1.83 bits per heavy atom. The first kappa shape index (κ1) is 31.2. The van der Waals surface area contributed by atoms with Gasteiger partial charge in [0.15, 0.2) is 0 Å². The molecular formula is C29H41N3O8S2. The Kier molecular flexibility index (Phi) is 8.93.